The summed E-state index contributed by atoms with van der Waals surface area (Å²) in [6.07, 6.45) is 1.03. The van der Waals surface area contributed by atoms with Gasteiger partial charge in [-0.25, -0.2) is 9.59 Å². The fourth-order valence-electron chi connectivity index (χ4n) is 0.823. The normalized spacial score (nSPS) is 9.14. The minimum absolute atomic E-state index is 0.142. The van der Waals surface area contributed by atoms with Gasteiger partial charge in [0.15, 0.2) is 0 Å². The van der Waals surface area contributed by atoms with Gasteiger partial charge in [0.1, 0.15) is 5.75 Å². The van der Waals surface area contributed by atoms with Gasteiger partial charge in [-0.1, -0.05) is 6.58 Å². The van der Waals surface area contributed by atoms with Crippen LogP contribution in [0.15, 0.2) is 36.9 Å². The van der Waals surface area contributed by atoms with Crippen molar-refractivity contribution in [3.8, 4) is 5.75 Å². The van der Waals surface area contributed by atoms with E-state index in [0.717, 1.165) is 6.08 Å². The van der Waals surface area contributed by atoms with Gasteiger partial charge in [0, 0.05) is 6.08 Å². The fourth-order valence-corrected chi connectivity index (χ4v) is 0.823. The minimum atomic E-state index is -1.02. The van der Waals surface area contributed by atoms with Crippen molar-refractivity contribution in [1.29, 1.82) is 0 Å². The third kappa shape index (κ3) is 2.45. The van der Waals surface area contributed by atoms with Crippen LogP contribution in [0.5, 0.6) is 5.75 Å². The summed E-state index contributed by atoms with van der Waals surface area (Å²) >= 11 is 0. The van der Waals surface area contributed by atoms with Crippen molar-refractivity contribution < 1.29 is 19.4 Å². The van der Waals surface area contributed by atoms with E-state index in [0.29, 0.717) is 5.75 Å². The number of hydrogen-bond donors (Lipinski definition) is 1. The van der Waals surface area contributed by atoms with Gasteiger partial charge < -0.3 is 9.84 Å². The first-order valence-electron chi connectivity index (χ1n) is 3.81. The second-order valence-electron chi connectivity index (χ2n) is 2.45. The SMILES string of the molecule is C=CC(=O)Oc1ccc(C(=O)O)cc1. The van der Waals surface area contributed by atoms with E-state index in [2.05, 4.69) is 6.58 Å². The van der Waals surface area contributed by atoms with E-state index in [4.69, 9.17) is 9.84 Å². The van der Waals surface area contributed by atoms with Crippen molar-refractivity contribution in [3.05, 3.63) is 42.5 Å². The molecule has 0 saturated heterocycles. The van der Waals surface area contributed by atoms with E-state index in [-0.39, 0.29) is 5.56 Å². The average molecular weight is 192 g/mol. The Morgan fingerprint density at radius 1 is 1.29 bits per heavy atom. The summed E-state index contributed by atoms with van der Waals surface area (Å²) in [6.45, 7) is 3.23. The summed E-state index contributed by atoms with van der Waals surface area (Å²) in [5, 5.41) is 8.58. The van der Waals surface area contributed by atoms with Gasteiger partial charge >= 0.3 is 11.9 Å². The molecule has 0 aromatic heterocycles. The molecule has 0 unspecified atom stereocenters. The van der Waals surface area contributed by atoms with Crippen LogP contribution in [0.2, 0.25) is 0 Å². The number of carbonyl (C=O) groups is 2. The van der Waals surface area contributed by atoms with Gasteiger partial charge in [0.25, 0.3) is 0 Å². The van der Waals surface area contributed by atoms with Crippen LogP contribution in [-0.2, 0) is 4.79 Å². The maximum absolute atomic E-state index is 10.7. The molecule has 0 radical (unpaired) electrons. The predicted octanol–water partition coefficient (Wildman–Crippen LogP) is 1.48. The summed E-state index contributed by atoms with van der Waals surface area (Å²) < 4.78 is 4.75. The highest BCUT2D eigenvalue weighted by Gasteiger charge is 2.03. The van der Waals surface area contributed by atoms with Crippen molar-refractivity contribution in [2.75, 3.05) is 0 Å². The van der Waals surface area contributed by atoms with Gasteiger partial charge in [-0.15, -0.1) is 0 Å². The molecular formula is C10H8O4. The number of benzene rings is 1. The molecule has 1 aromatic carbocycles. The molecule has 0 fully saturated rings. The average Bonchev–Trinajstić information content (AvgIpc) is 2.18. The highest BCUT2D eigenvalue weighted by molar-refractivity contribution is 5.88. The Morgan fingerprint density at radius 2 is 1.86 bits per heavy atom. The Balaban J connectivity index is 2.78. The lowest BCUT2D eigenvalue weighted by Crippen LogP contribution is -2.03. The van der Waals surface area contributed by atoms with E-state index in [1.807, 2.05) is 0 Å². The van der Waals surface area contributed by atoms with Gasteiger partial charge in [0.05, 0.1) is 5.56 Å². The lowest BCUT2D eigenvalue weighted by molar-refractivity contribution is -0.128. The molecule has 1 N–H and O–H groups in total. The van der Waals surface area contributed by atoms with Crippen LogP contribution in [0, 0.1) is 0 Å². The summed E-state index contributed by atoms with van der Waals surface area (Å²) in [7, 11) is 0. The number of hydrogen-bond acceptors (Lipinski definition) is 3. The maximum atomic E-state index is 10.7. The molecule has 72 valence electrons. The lowest BCUT2D eigenvalue weighted by atomic mass is 10.2. The van der Waals surface area contributed by atoms with Crippen LogP contribution in [0.4, 0.5) is 0 Å². The number of carbonyl (C=O) groups excluding carboxylic acids is 1. The monoisotopic (exact) mass is 192 g/mol. The highest BCUT2D eigenvalue weighted by Crippen LogP contribution is 2.12. The fraction of sp³-hybridized carbons (Fsp3) is 0. The quantitative estimate of drug-likeness (QED) is 0.447. The van der Waals surface area contributed by atoms with Crippen molar-refractivity contribution >= 4 is 11.9 Å². The number of carboxylic acid groups (broad SMARTS) is 1. The largest absolute Gasteiger partial charge is 0.478 e. The molecule has 0 bridgehead atoms. The molecule has 0 aliphatic heterocycles. The Morgan fingerprint density at radius 3 is 2.29 bits per heavy atom. The number of aromatic carboxylic acids is 1. The molecule has 14 heavy (non-hydrogen) atoms. The summed E-state index contributed by atoms with van der Waals surface area (Å²) in [5.41, 5.74) is 0.142. The Labute approximate surface area is 80.4 Å². The van der Waals surface area contributed by atoms with Crippen molar-refractivity contribution in [2.24, 2.45) is 0 Å². The molecule has 0 heterocycles. The van der Waals surface area contributed by atoms with Gasteiger partial charge in [-0.2, -0.15) is 0 Å². The highest BCUT2D eigenvalue weighted by atomic mass is 16.5. The standard InChI is InChI=1S/C10H8O4/c1-2-9(11)14-8-5-3-7(4-6-8)10(12)13/h2-6H,1H2,(H,12,13). The van der Waals surface area contributed by atoms with E-state index in [1.165, 1.54) is 24.3 Å². The molecule has 0 saturated carbocycles. The minimum Gasteiger partial charge on any atom is -0.478 e. The molecule has 4 heteroatoms. The zero-order chi connectivity index (χ0) is 10.6. The zero-order valence-corrected chi connectivity index (χ0v) is 7.27. The smallest absolute Gasteiger partial charge is 0.335 e. The molecule has 1 aromatic rings. The van der Waals surface area contributed by atoms with E-state index in [1.54, 1.807) is 0 Å². The van der Waals surface area contributed by atoms with Gasteiger partial charge in [-0.3, -0.25) is 0 Å². The lowest BCUT2D eigenvalue weighted by Gasteiger charge is -2.00. The maximum Gasteiger partial charge on any atom is 0.335 e. The number of esters is 1. The van der Waals surface area contributed by atoms with Crippen LogP contribution in [0.3, 0.4) is 0 Å². The van der Waals surface area contributed by atoms with Crippen LogP contribution in [0.25, 0.3) is 0 Å². The van der Waals surface area contributed by atoms with Crippen molar-refractivity contribution in [1.82, 2.24) is 0 Å². The molecule has 0 aliphatic carbocycles. The summed E-state index contributed by atoms with van der Waals surface area (Å²) in [6, 6.07) is 5.53. The molecule has 0 atom stereocenters. The Bertz CT molecular complexity index is 364. The third-order valence-corrected chi connectivity index (χ3v) is 1.49. The Hall–Kier alpha value is -2.10. The first kappa shape index (κ1) is 9.98. The molecular weight excluding hydrogens is 184 g/mol. The third-order valence-electron chi connectivity index (χ3n) is 1.49. The molecule has 1 rings (SSSR count). The number of rotatable bonds is 3. The Kier molecular flexibility index (Phi) is 3.01. The van der Waals surface area contributed by atoms with E-state index >= 15 is 0 Å². The summed E-state index contributed by atoms with van der Waals surface area (Å²) in [4.78, 5) is 21.2. The van der Waals surface area contributed by atoms with Crippen LogP contribution in [-0.4, -0.2) is 17.0 Å². The van der Waals surface area contributed by atoms with Crippen molar-refractivity contribution in [2.45, 2.75) is 0 Å². The molecule has 4 nitrogen and oxygen atoms in total. The number of ether oxygens (including phenoxy) is 1. The number of carboxylic acids is 1. The summed E-state index contributed by atoms with van der Waals surface area (Å²) in [5.74, 6) is -1.31. The first-order valence-corrected chi connectivity index (χ1v) is 3.81. The van der Waals surface area contributed by atoms with Crippen LogP contribution in [0.1, 0.15) is 10.4 Å². The van der Waals surface area contributed by atoms with Crippen molar-refractivity contribution in [3.63, 3.8) is 0 Å². The van der Waals surface area contributed by atoms with Crippen LogP contribution < -0.4 is 4.74 Å². The van der Waals surface area contributed by atoms with Gasteiger partial charge in [-0.05, 0) is 24.3 Å². The zero-order valence-electron chi connectivity index (χ0n) is 7.27. The topological polar surface area (TPSA) is 63.6 Å². The second kappa shape index (κ2) is 4.23. The van der Waals surface area contributed by atoms with Gasteiger partial charge in [0.2, 0.25) is 0 Å². The van der Waals surface area contributed by atoms with Crippen LogP contribution >= 0.6 is 0 Å². The molecule has 0 aliphatic rings. The molecule has 0 spiro atoms. The first-order chi connectivity index (χ1) is 6.63. The molecule has 0 amide bonds. The van der Waals surface area contributed by atoms with E-state index < -0.39 is 11.9 Å². The van der Waals surface area contributed by atoms with E-state index in [9.17, 15) is 9.59 Å². The second-order valence-corrected chi connectivity index (χ2v) is 2.45. The predicted molar refractivity (Wildman–Crippen MR) is 49.2 cm³/mol.